The Morgan fingerprint density at radius 2 is 1.86 bits per heavy atom. The molecule has 1 saturated heterocycles. The van der Waals surface area contributed by atoms with Crippen molar-refractivity contribution in [1.82, 2.24) is 4.90 Å². The van der Waals surface area contributed by atoms with E-state index in [1.807, 2.05) is 34.6 Å². The van der Waals surface area contributed by atoms with Crippen LogP contribution in [0.4, 0.5) is 0 Å². The molecule has 0 radical (unpaired) electrons. The quantitative estimate of drug-likeness (QED) is 0.708. The van der Waals surface area contributed by atoms with Crippen LogP contribution in [0.5, 0.6) is 0 Å². The van der Waals surface area contributed by atoms with Crippen molar-refractivity contribution in [3.63, 3.8) is 0 Å². The second-order valence-electron chi connectivity index (χ2n) is 2.64. The highest BCUT2D eigenvalue weighted by atomic mass is 16.3. The van der Waals surface area contributed by atoms with E-state index in [2.05, 4.69) is 0 Å². The molecule has 0 saturated carbocycles. The van der Waals surface area contributed by atoms with Gasteiger partial charge in [-0.2, -0.15) is 0 Å². The fourth-order valence-corrected chi connectivity index (χ4v) is 1.19. The van der Waals surface area contributed by atoms with Gasteiger partial charge in [0.2, 0.25) is 5.91 Å². The third kappa shape index (κ3) is 5.97. The predicted molar refractivity (Wildman–Crippen MR) is 60.2 cm³/mol. The van der Waals surface area contributed by atoms with E-state index >= 15 is 0 Å². The molecule has 0 aromatic carbocycles. The van der Waals surface area contributed by atoms with Crippen LogP contribution in [0.15, 0.2) is 0 Å². The Bertz CT molecular complexity index is 137. The first kappa shape index (κ1) is 15.9. The van der Waals surface area contributed by atoms with Gasteiger partial charge in [-0.3, -0.25) is 4.79 Å². The minimum absolute atomic E-state index is 0.150. The summed E-state index contributed by atoms with van der Waals surface area (Å²) < 4.78 is 0. The van der Waals surface area contributed by atoms with Gasteiger partial charge in [0.05, 0.1) is 6.10 Å². The highest BCUT2D eigenvalue weighted by Gasteiger charge is 2.22. The van der Waals surface area contributed by atoms with Gasteiger partial charge in [-0.05, 0) is 6.42 Å². The molecule has 1 atom stereocenters. The zero-order valence-corrected chi connectivity index (χ0v) is 10.2. The number of rotatable bonds is 1. The summed E-state index contributed by atoms with van der Waals surface area (Å²) in [5.74, 6) is 0.150. The van der Waals surface area contributed by atoms with Gasteiger partial charge in [-0.25, -0.2) is 0 Å². The number of nitrogens with zero attached hydrogens (tertiary/aromatic N) is 1. The summed E-state index contributed by atoms with van der Waals surface area (Å²) in [6.07, 6.45) is 1.01. The van der Waals surface area contributed by atoms with Gasteiger partial charge in [-0.15, -0.1) is 0 Å². The standard InChI is InChI=1S/C7H13NO2.2C2H6/c1-2-7(10)8-4-3-6(9)5-8;2*1-2/h6,9H,2-5H2,1H3;2*1-2H3. The molecule has 1 aliphatic heterocycles. The van der Waals surface area contributed by atoms with Crippen LogP contribution in [0, 0.1) is 0 Å². The summed E-state index contributed by atoms with van der Waals surface area (Å²) in [4.78, 5) is 12.7. The summed E-state index contributed by atoms with van der Waals surface area (Å²) in [5.41, 5.74) is 0. The Morgan fingerprint density at radius 3 is 2.14 bits per heavy atom. The van der Waals surface area contributed by atoms with Gasteiger partial charge in [0, 0.05) is 19.5 Å². The van der Waals surface area contributed by atoms with Gasteiger partial charge in [0.25, 0.3) is 0 Å². The number of aliphatic hydroxyl groups is 1. The fraction of sp³-hybridized carbons (Fsp3) is 0.909. The van der Waals surface area contributed by atoms with Crippen molar-refractivity contribution in [2.45, 2.75) is 53.6 Å². The molecule has 1 aliphatic rings. The van der Waals surface area contributed by atoms with Gasteiger partial charge in [-0.1, -0.05) is 34.6 Å². The molecule has 0 aromatic heterocycles. The lowest BCUT2D eigenvalue weighted by Gasteiger charge is -2.13. The molecule has 1 fully saturated rings. The maximum Gasteiger partial charge on any atom is 0.222 e. The van der Waals surface area contributed by atoms with Crippen LogP contribution in [0.2, 0.25) is 0 Å². The minimum atomic E-state index is -0.282. The molecular weight excluding hydrogens is 178 g/mol. The first-order valence-corrected chi connectivity index (χ1v) is 5.70. The molecule has 0 aliphatic carbocycles. The molecule has 1 amide bonds. The van der Waals surface area contributed by atoms with Crippen molar-refractivity contribution in [2.24, 2.45) is 0 Å². The first-order valence-electron chi connectivity index (χ1n) is 5.70. The summed E-state index contributed by atoms with van der Waals surface area (Å²) in [6.45, 7) is 11.1. The summed E-state index contributed by atoms with van der Waals surface area (Å²) in [7, 11) is 0. The summed E-state index contributed by atoms with van der Waals surface area (Å²) in [5, 5.41) is 9.05. The Labute approximate surface area is 88.1 Å². The maximum absolute atomic E-state index is 11.0. The van der Waals surface area contributed by atoms with Crippen molar-refractivity contribution >= 4 is 5.91 Å². The van der Waals surface area contributed by atoms with Crippen LogP contribution < -0.4 is 0 Å². The van der Waals surface area contributed by atoms with Crippen LogP contribution in [-0.4, -0.2) is 35.1 Å². The SMILES string of the molecule is CC.CC.CCC(=O)N1CCC(O)C1. The molecule has 0 aromatic rings. The zero-order chi connectivity index (χ0) is 11.6. The molecular formula is C11H25NO2. The topological polar surface area (TPSA) is 40.5 Å². The van der Waals surface area contributed by atoms with E-state index in [1.54, 1.807) is 4.90 Å². The Hall–Kier alpha value is -0.570. The van der Waals surface area contributed by atoms with Gasteiger partial charge in [0.1, 0.15) is 0 Å². The Kier molecular flexibility index (Phi) is 11.9. The first-order chi connectivity index (χ1) is 6.74. The van der Waals surface area contributed by atoms with Crippen LogP contribution in [-0.2, 0) is 4.79 Å². The van der Waals surface area contributed by atoms with E-state index in [1.165, 1.54) is 0 Å². The zero-order valence-electron chi connectivity index (χ0n) is 10.2. The lowest BCUT2D eigenvalue weighted by molar-refractivity contribution is -0.130. The number of hydrogen-bond acceptors (Lipinski definition) is 2. The van der Waals surface area contributed by atoms with E-state index in [9.17, 15) is 4.79 Å². The normalized spacial score (nSPS) is 19.0. The summed E-state index contributed by atoms with van der Waals surface area (Å²) >= 11 is 0. The second-order valence-corrected chi connectivity index (χ2v) is 2.64. The molecule has 1 N–H and O–H groups in total. The van der Waals surface area contributed by atoms with Crippen molar-refractivity contribution in [1.29, 1.82) is 0 Å². The predicted octanol–water partition coefficient (Wildman–Crippen LogP) is 2.04. The fourth-order valence-electron chi connectivity index (χ4n) is 1.19. The minimum Gasteiger partial charge on any atom is -0.391 e. The van der Waals surface area contributed by atoms with E-state index in [4.69, 9.17) is 5.11 Å². The largest absolute Gasteiger partial charge is 0.391 e. The number of likely N-dealkylation sites (tertiary alicyclic amines) is 1. The van der Waals surface area contributed by atoms with Crippen molar-refractivity contribution in [2.75, 3.05) is 13.1 Å². The highest BCUT2D eigenvalue weighted by molar-refractivity contribution is 5.76. The smallest absolute Gasteiger partial charge is 0.222 e. The van der Waals surface area contributed by atoms with Crippen LogP contribution in [0.3, 0.4) is 0 Å². The molecule has 1 heterocycles. The maximum atomic E-state index is 11.0. The van der Waals surface area contributed by atoms with Gasteiger partial charge < -0.3 is 10.0 Å². The molecule has 14 heavy (non-hydrogen) atoms. The van der Waals surface area contributed by atoms with Crippen molar-refractivity contribution in [3.05, 3.63) is 0 Å². The number of amides is 1. The van der Waals surface area contributed by atoms with E-state index in [-0.39, 0.29) is 12.0 Å². The van der Waals surface area contributed by atoms with E-state index in [0.29, 0.717) is 13.0 Å². The van der Waals surface area contributed by atoms with E-state index < -0.39 is 0 Å². The second kappa shape index (κ2) is 10.5. The number of hydrogen-bond donors (Lipinski definition) is 1. The average Bonchev–Trinajstić information content (AvgIpc) is 2.69. The average molecular weight is 203 g/mol. The number of aliphatic hydroxyl groups excluding tert-OH is 1. The third-order valence-electron chi connectivity index (χ3n) is 1.82. The number of carbonyl (C=O) groups excluding carboxylic acids is 1. The van der Waals surface area contributed by atoms with E-state index in [0.717, 1.165) is 13.0 Å². The molecule has 86 valence electrons. The lowest BCUT2D eigenvalue weighted by Crippen LogP contribution is -2.28. The lowest BCUT2D eigenvalue weighted by atomic mass is 10.3. The molecule has 3 heteroatoms. The van der Waals surface area contributed by atoms with Crippen molar-refractivity contribution < 1.29 is 9.90 Å². The molecule has 1 unspecified atom stereocenters. The molecule has 0 spiro atoms. The monoisotopic (exact) mass is 203 g/mol. The molecule has 0 bridgehead atoms. The number of β-amino-alcohol motifs (C(OH)–C–C–N with tert-alkyl or cyclic N) is 1. The number of carbonyl (C=O) groups is 1. The third-order valence-corrected chi connectivity index (χ3v) is 1.82. The van der Waals surface area contributed by atoms with Gasteiger partial charge in [0.15, 0.2) is 0 Å². The van der Waals surface area contributed by atoms with Gasteiger partial charge >= 0.3 is 0 Å². The molecule has 1 rings (SSSR count). The van der Waals surface area contributed by atoms with Crippen LogP contribution in [0.1, 0.15) is 47.5 Å². The summed E-state index contributed by atoms with van der Waals surface area (Å²) in [6, 6.07) is 0. The van der Waals surface area contributed by atoms with Crippen LogP contribution >= 0.6 is 0 Å². The highest BCUT2D eigenvalue weighted by Crippen LogP contribution is 2.09. The molecule has 3 nitrogen and oxygen atoms in total. The Balaban J connectivity index is 0. The van der Waals surface area contributed by atoms with Crippen molar-refractivity contribution in [3.8, 4) is 0 Å². The Morgan fingerprint density at radius 1 is 1.36 bits per heavy atom. The van der Waals surface area contributed by atoms with Crippen LogP contribution in [0.25, 0.3) is 0 Å².